The van der Waals surface area contributed by atoms with Crippen LogP contribution in [0.25, 0.3) is 0 Å². The fraction of sp³-hybridized carbons (Fsp3) is 0.333. The van der Waals surface area contributed by atoms with Gasteiger partial charge in [-0.25, -0.2) is 0 Å². The number of hydrogen-bond donors (Lipinski definition) is 2. The lowest BCUT2D eigenvalue weighted by atomic mass is 9.95. The average Bonchev–Trinajstić information content (AvgIpc) is 2.68. The van der Waals surface area contributed by atoms with Gasteiger partial charge in [-0.3, -0.25) is 9.59 Å². The van der Waals surface area contributed by atoms with Crippen molar-refractivity contribution in [2.75, 3.05) is 35.2 Å². The zero-order valence-corrected chi connectivity index (χ0v) is 15.3. The molecule has 2 aliphatic rings. The Bertz CT molecular complexity index is 873. The van der Waals surface area contributed by atoms with Crippen LogP contribution >= 0.6 is 0 Å². The van der Waals surface area contributed by atoms with Gasteiger partial charge in [0.25, 0.3) is 5.91 Å². The predicted molar refractivity (Wildman–Crippen MR) is 105 cm³/mol. The molecular weight excluding hydrogens is 342 g/mol. The first-order chi connectivity index (χ1) is 13.1. The van der Waals surface area contributed by atoms with Crippen LogP contribution < -0.4 is 20.3 Å². The fourth-order valence-corrected chi connectivity index (χ4v) is 3.71. The van der Waals surface area contributed by atoms with Crippen LogP contribution in [-0.4, -0.2) is 31.5 Å². The number of benzene rings is 2. The van der Waals surface area contributed by atoms with Gasteiger partial charge in [-0.15, -0.1) is 0 Å². The Labute approximate surface area is 158 Å². The van der Waals surface area contributed by atoms with Crippen molar-refractivity contribution < 1.29 is 14.3 Å². The van der Waals surface area contributed by atoms with E-state index in [9.17, 15) is 9.59 Å². The highest BCUT2D eigenvalue weighted by Crippen LogP contribution is 2.31. The van der Waals surface area contributed by atoms with E-state index in [0.717, 1.165) is 25.9 Å². The van der Waals surface area contributed by atoms with Crippen molar-refractivity contribution in [3.63, 3.8) is 0 Å². The summed E-state index contributed by atoms with van der Waals surface area (Å²) in [6.45, 7) is 3.89. The molecule has 0 aromatic heterocycles. The van der Waals surface area contributed by atoms with Crippen LogP contribution in [0.2, 0.25) is 0 Å². The van der Waals surface area contributed by atoms with Crippen molar-refractivity contribution in [3.8, 4) is 5.75 Å². The summed E-state index contributed by atoms with van der Waals surface area (Å²) in [6.07, 6.45) is 1.65. The van der Waals surface area contributed by atoms with E-state index in [0.29, 0.717) is 17.1 Å². The lowest BCUT2D eigenvalue weighted by molar-refractivity contribution is -0.120. The average molecular weight is 365 g/mol. The molecule has 6 nitrogen and oxygen atoms in total. The van der Waals surface area contributed by atoms with Crippen LogP contribution in [0, 0.1) is 12.8 Å². The minimum Gasteiger partial charge on any atom is -0.482 e. The van der Waals surface area contributed by atoms with Crippen molar-refractivity contribution in [2.24, 2.45) is 5.92 Å². The summed E-state index contributed by atoms with van der Waals surface area (Å²) in [6, 6.07) is 13.7. The maximum atomic E-state index is 12.7. The number of anilines is 3. The maximum Gasteiger partial charge on any atom is 0.262 e. The van der Waals surface area contributed by atoms with Crippen LogP contribution in [0.5, 0.6) is 5.75 Å². The zero-order chi connectivity index (χ0) is 18.8. The Morgan fingerprint density at radius 2 is 1.96 bits per heavy atom. The first-order valence-corrected chi connectivity index (χ1v) is 9.28. The molecule has 4 rings (SSSR count). The molecule has 2 aliphatic heterocycles. The van der Waals surface area contributed by atoms with Gasteiger partial charge in [0.15, 0.2) is 6.61 Å². The standard InChI is InChI=1S/C21H23N3O3/c1-14-4-2-3-5-18(14)24-10-8-15(9-11-24)21(26)22-16-6-7-19-17(12-16)23-20(25)13-27-19/h2-7,12,15H,8-11,13H2,1H3,(H,22,26)(H,23,25). The van der Waals surface area contributed by atoms with E-state index in [-0.39, 0.29) is 24.3 Å². The molecule has 1 saturated heterocycles. The van der Waals surface area contributed by atoms with Gasteiger partial charge in [0.1, 0.15) is 5.75 Å². The van der Waals surface area contributed by atoms with Crippen molar-refractivity contribution >= 4 is 28.9 Å². The Morgan fingerprint density at radius 1 is 1.19 bits per heavy atom. The number of rotatable bonds is 3. The molecule has 1 fully saturated rings. The Morgan fingerprint density at radius 3 is 2.74 bits per heavy atom. The molecular formula is C21H23N3O3. The Balaban J connectivity index is 1.37. The molecule has 27 heavy (non-hydrogen) atoms. The van der Waals surface area contributed by atoms with Crippen molar-refractivity contribution in [1.29, 1.82) is 0 Å². The molecule has 2 aromatic rings. The maximum absolute atomic E-state index is 12.7. The number of hydrogen-bond acceptors (Lipinski definition) is 4. The van der Waals surface area contributed by atoms with Crippen LogP contribution in [-0.2, 0) is 9.59 Å². The van der Waals surface area contributed by atoms with Gasteiger partial charge in [-0.05, 0) is 49.6 Å². The van der Waals surface area contributed by atoms with E-state index in [1.54, 1.807) is 18.2 Å². The van der Waals surface area contributed by atoms with Gasteiger partial charge in [0.05, 0.1) is 5.69 Å². The van der Waals surface area contributed by atoms with Gasteiger partial charge in [0.2, 0.25) is 5.91 Å². The zero-order valence-electron chi connectivity index (χ0n) is 15.3. The molecule has 0 bridgehead atoms. The van der Waals surface area contributed by atoms with E-state index in [4.69, 9.17) is 4.74 Å². The smallest absolute Gasteiger partial charge is 0.262 e. The number of piperidine rings is 1. The Hall–Kier alpha value is -3.02. The first kappa shape index (κ1) is 17.4. The van der Waals surface area contributed by atoms with Crippen molar-refractivity contribution in [3.05, 3.63) is 48.0 Å². The van der Waals surface area contributed by atoms with Gasteiger partial charge < -0.3 is 20.3 Å². The number of para-hydroxylation sites is 1. The summed E-state index contributed by atoms with van der Waals surface area (Å²) in [5.74, 6) is 0.461. The minimum absolute atomic E-state index is 0.00728. The molecule has 0 radical (unpaired) electrons. The van der Waals surface area contributed by atoms with Gasteiger partial charge in [-0.2, -0.15) is 0 Å². The third-order valence-corrected chi connectivity index (χ3v) is 5.20. The topological polar surface area (TPSA) is 70.7 Å². The second-order valence-corrected chi connectivity index (χ2v) is 7.08. The van der Waals surface area contributed by atoms with E-state index >= 15 is 0 Å². The summed E-state index contributed by atoms with van der Waals surface area (Å²) in [4.78, 5) is 26.5. The number of fused-ring (bicyclic) bond motifs is 1. The normalized spacial score (nSPS) is 16.9. The molecule has 6 heteroatoms. The van der Waals surface area contributed by atoms with E-state index in [2.05, 4.69) is 40.7 Å². The fourth-order valence-electron chi connectivity index (χ4n) is 3.71. The number of amides is 2. The number of ether oxygens (including phenoxy) is 1. The number of aryl methyl sites for hydroxylation is 1. The van der Waals surface area contributed by atoms with Gasteiger partial charge >= 0.3 is 0 Å². The molecule has 2 N–H and O–H groups in total. The highest BCUT2D eigenvalue weighted by Gasteiger charge is 2.26. The number of carbonyl (C=O) groups is 2. The molecule has 0 spiro atoms. The summed E-state index contributed by atoms with van der Waals surface area (Å²) in [5, 5.41) is 5.74. The summed E-state index contributed by atoms with van der Waals surface area (Å²) >= 11 is 0. The van der Waals surface area contributed by atoms with Crippen LogP contribution in [0.4, 0.5) is 17.1 Å². The summed E-state index contributed by atoms with van der Waals surface area (Å²) < 4.78 is 5.35. The molecule has 0 unspecified atom stereocenters. The molecule has 0 saturated carbocycles. The molecule has 2 aromatic carbocycles. The second kappa shape index (κ2) is 7.31. The van der Waals surface area contributed by atoms with Crippen molar-refractivity contribution in [2.45, 2.75) is 19.8 Å². The lowest BCUT2D eigenvalue weighted by Gasteiger charge is -2.34. The van der Waals surface area contributed by atoms with E-state index in [1.165, 1.54) is 11.3 Å². The van der Waals surface area contributed by atoms with E-state index < -0.39 is 0 Å². The van der Waals surface area contributed by atoms with Crippen LogP contribution in [0.3, 0.4) is 0 Å². The monoisotopic (exact) mass is 365 g/mol. The van der Waals surface area contributed by atoms with Gasteiger partial charge in [0, 0.05) is 30.4 Å². The van der Waals surface area contributed by atoms with Crippen LogP contribution in [0.15, 0.2) is 42.5 Å². The molecule has 0 atom stereocenters. The number of nitrogens with one attached hydrogen (secondary N) is 2. The number of carbonyl (C=O) groups excluding carboxylic acids is 2. The molecule has 140 valence electrons. The lowest BCUT2D eigenvalue weighted by Crippen LogP contribution is -2.38. The summed E-state index contributed by atoms with van der Waals surface area (Å²) in [7, 11) is 0. The quantitative estimate of drug-likeness (QED) is 0.876. The predicted octanol–water partition coefficient (Wildman–Crippen LogP) is 3.18. The SMILES string of the molecule is Cc1ccccc1N1CCC(C(=O)Nc2ccc3c(c2)NC(=O)CO3)CC1. The summed E-state index contributed by atoms with van der Waals surface area (Å²) in [5.41, 5.74) is 3.78. The van der Waals surface area contributed by atoms with Gasteiger partial charge in [-0.1, -0.05) is 18.2 Å². The molecule has 2 amide bonds. The Kier molecular flexibility index (Phi) is 4.71. The molecule has 0 aliphatic carbocycles. The third kappa shape index (κ3) is 3.74. The number of nitrogens with zero attached hydrogens (tertiary/aromatic N) is 1. The second-order valence-electron chi connectivity index (χ2n) is 7.08. The third-order valence-electron chi connectivity index (χ3n) is 5.20. The molecule has 2 heterocycles. The highest BCUT2D eigenvalue weighted by molar-refractivity contribution is 5.98. The highest BCUT2D eigenvalue weighted by atomic mass is 16.5. The van der Waals surface area contributed by atoms with E-state index in [1.807, 2.05) is 6.07 Å². The largest absolute Gasteiger partial charge is 0.482 e. The minimum atomic E-state index is -0.186. The van der Waals surface area contributed by atoms with Crippen LogP contribution in [0.1, 0.15) is 18.4 Å². The van der Waals surface area contributed by atoms with Crippen molar-refractivity contribution in [1.82, 2.24) is 0 Å². The first-order valence-electron chi connectivity index (χ1n) is 9.28.